The molecule has 0 atom stereocenters. The molecule has 2 aromatic rings. The summed E-state index contributed by atoms with van der Waals surface area (Å²) in [6.45, 7) is 0. The number of rotatable bonds is 8. The fourth-order valence-corrected chi connectivity index (χ4v) is 5.14. The summed E-state index contributed by atoms with van der Waals surface area (Å²) in [5.41, 5.74) is 1.94. The summed E-state index contributed by atoms with van der Waals surface area (Å²) in [6.07, 6.45) is 3.31. The van der Waals surface area contributed by atoms with E-state index in [0.29, 0.717) is 17.8 Å². The Morgan fingerprint density at radius 2 is 1.58 bits per heavy atom. The van der Waals surface area contributed by atoms with E-state index < -0.39 is 20.0 Å². The van der Waals surface area contributed by atoms with Crippen LogP contribution in [0.5, 0.6) is 0 Å². The topological polar surface area (TPSA) is 83.6 Å². The molecule has 26 heavy (non-hydrogen) atoms. The second-order valence-electron chi connectivity index (χ2n) is 6.49. The van der Waals surface area contributed by atoms with Crippen LogP contribution in [0, 0.1) is 0 Å². The molecule has 0 unspecified atom stereocenters. The first kappa shape index (κ1) is 18.7. The number of hydrogen-bond donors (Lipinski definition) is 1. The van der Waals surface area contributed by atoms with Crippen LogP contribution in [0.1, 0.15) is 18.4 Å². The van der Waals surface area contributed by atoms with E-state index in [2.05, 4.69) is 4.72 Å². The first-order valence-corrected chi connectivity index (χ1v) is 11.9. The summed E-state index contributed by atoms with van der Waals surface area (Å²) in [7, 11) is -6.83. The van der Waals surface area contributed by atoms with Crippen LogP contribution >= 0.6 is 0 Å². The highest BCUT2D eigenvalue weighted by atomic mass is 32.2. The molecule has 1 N–H and O–H groups in total. The van der Waals surface area contributed by atoms with Crippen molar-refractivity contribution >= 4 is 31.4 Å². The lowest BCUT2D eigenvalue weighted by molar-refractivity contribution is 0.595. The van der Waals surface area contributed by atoms with Gasteiger partial charge in [-0.2, -0.15) is 0 Å². The van der Waals surface area contributed by atoms with Gasteiger partial charge >= 0.3 is 0 Å². The summed E-state index contributed by atoms with van der Waals surface area (Å²) in [6, 6.07) is 15.9. The molecular weight excluding hydrogens is 372 g/mol. The highest BCUT2D eigenvalue weighted by molar-refractivity contribution is 7.92. The third kappa shape index (κ3) is 4.98. The molecule has 0 saturated heterocycles. The smallest absolute Gasteiger partial charge is 0.233 e. The number of aryl methyl sites for hydroxylation is 1. The predicted octanol–water partition coefficient (Wildman–Crippen LogP) is 2.60. The first-order chi connectivity index (χ1) is 12.2. The normalized spacial score (nSPS) is 14.8. The maximum Gasteiger partial charge on any atom is 0.233 e. The Labute approximate surface area is 155 Å². The zero-order chi connectivity index (χ0) is 18.8. The molecule has 6 nitrogen and oxygen atoms in total. The summed E-state index contributed by atoms with van der Waals surface area (Å²) >= 11 is 0. The van der Waals surface area contributed by atoms with E-state index in [1.165, 1.54) is 10.6 Å². The summed E-state index contributed by atoms with van der Waals surface area (Å²) in [4.78, 5) is 0. The molecule has 8 heteroatoms. The monoisotopic (exact) mass is 394 g/mol. The van der Waals surface area contributed by atoms with Crippen molar-refractivity contribution in [1.29, 1.82) is 0 Å². The molecule has 1 aliphatic rings. The van der Waals surface area contributed by atoms with Crippen molar-refractivity contribution < 1.29 is 16.8 Å². The molecule has 0 aliphatic heterocycles. The van der Waals surface area contributed by atoms with E-state index in [4.69, 9.17) is 0 Å². The minimum Gasteiger partial charge on any atom is -0.284 e. The molecule has 0 spiro atoms. The second kappa shape index (κ2) is 7.28. The Morgan fingerprint density at radius 3 is 2.12 bits per heavy atom. The maximum absolute atomic E-state index is 12.3. The second-order valence-corrected chi connectivity index (χ2v) is 10.2. The molecule has 3 rings (SSSR count). The summed E-state index contributed by atoms with van der Waals surface area (Å²) < 4.78 is 52.4. The Bertz CT molecular complexity index is 952. The van der Waals surface area contributed by atoms with Gasteiger partial charge in [0, 0.05) is 11.7 Å². The third-order valence-corrected chi connectivity index (χ3v) is 6.65. The van der Waals surface area contributed by atoms with Gasteiger partial charge in [0.05, 0.1) is 17.7 Å². The maximum atomic E-state index is 12.3. The van der Waals surface area contributed by atoms with Crippen LogP contribution in [0.15, 0.2) is 54.6 Å². The van der Waals surface area contributed by atoms with Crippen LogP contribution in [0.4, 0.5) is 11.4 Å². The Hall–Kier alpha value is -2.06. The minimum atomic E-state index is -3.48. The molecule has 0 aromatic heterocycles. The van der Waals surface area contributed by atoms with Gasteiger partial charge in [-0.25, -0.2) is 16.8 Å². The minimum absolute atomic E-state index is 0.0124. The SMILES string of the molecule is CS(=O)(=O)N(c1ccc(NS(=O)(=O)CCc2ccccc2)cc1)C1CC1. The van der Waals surface area contributed by atoms with E-state index in [0.717, 1.165) is 18.4 Å². The van der Waals surface area contributed by atoms with Crippen molar-refractivity contribution in [2.75, 3.05) is 21.0 Å². The number of hydrogen-bond acceptors (Lipinski definition) is 4. The fourth-order valence-electron chi connectivity index (χ4n) is 2.79. The average molecular weight is 395 g/mol. The van der Waals surface area contributed by atoms with Gasteiger partial charge in [-0.15, -0.1) is 0 Å². The van der Waals surface area contributed by atoms with Crippen LogP contribution in [-0.2, 0) is 26.5 Å². The van der Waals surface area contributed by atoms with Gasteiger partial charge in [-0.1, -0.05) is 30.3 Å². The van der Waals surface area contributed by atoms with Crippen LogP contribution < -0.4 is 9.03 Å². The van der Waals surface area contributed by atoms with Gasteiger partial charge < -0.3 is 0 Å². The van der Waals surface area contributed by atoms with Gasteiger partial charge in [0.1, 0.15) is 0 Å². The molecule has 1 fully saturated rings. The Kier molecular flexibility index (Phi) is 5.24. The summed E-state index contributed by atoms with van der Waals surface area (Å²) in [5.74, 6) is -0.0176. The standard InChI is InChI=1S/C18H22N2O4S2/c1-25(21,22)20(18-11-12-18)17-9-7-16(8-10-17)19-26(23,24)14-13-15-5-3-2-4-6-15/h2-10,18-19H,11-14H2,1H3. The molecule has 140 valence electrons. The van der Waals surface area contributed by atoms with Crippen molar-refractivity contribution in [1.82, 2.24) is 0 Å². The lowest BCUT2D eigenvalue weighted by Gasteiger charge is -2.22. The molecule has 1 saturated carbocycles. The predicted molar refractivity (Wildman–Crippen MR) is 104 cm³/mol. The Morgan fingerprint density at radius 1 is 0.962 bits per heavy atom. The van der Waals surface area contributed by atoms with Crippen LogP contribution in [0.25, 0.3) is 0 Å². The molecule has 0 heterocycles. The first-order valence-electron chi connectivity index (χ1n) is 8.38. The van der Waals surface area contributed by atoms with Crippen molar-refractivity contribution in [2.24, 2.45) is 0 Å². The van der Waals surface area contributed by atoms with Crippen molar-refractivity contribution in [3.63, 3.8) is 0 Å². The quantitative estimate of drug-likeness (QED) is 0.746. The largest absolute Gasteiger partial charge is 0.284 e. The number of nitrogens with zero attached hydrogens (tertiary/aromatic N) is 1. The van der Waals surface area contributed by atoms with Gasteiger partial charge in [-0.05, 0) is 49.1 Å². The number of anilines is 2. The van der Waals surface area contributed by atoms with Crippen LogP contribution in [-0.4, -0.2) is 34.9 Å². The van der Waals surface area contributed by atoms with Crippen molar-refractivity contribution in [2.45, 2.75) is 25.3 Å². The van der Waals surface area contributed by atoms with Gasteiger partial charge in [0.2, 0.25) is 20.0 Å². The van der Waals surface area contributed by atoms with E-state index in [-0.39, 0.29) is 11.8 Å². The van der Waals surface area contributed by atoms with Crippen LogP contribution in [0.3, 0.4) is 0 Å². The van der Waals surface area contributed by atoms with E-state index in [1.807, 2.05) is 30.3 Å². The zero-order valence-electron chi connectivity index (χ0n) is 14.5. The lowest BCUT2D eigenvalue weighted by Crippen LogP contribution is -2.31. The van der Waals surface area contributed by atoms with E-state index in [9.17, 15) is 16.8 Å². The average Bonchev–Trinajstić information content (AvgIpc) is 3.39. The van der Waals surface area contributed by atoms with Gasteiger partial charge in [0.25, 0.3) is 0 Å². The molecule has 0 radical (unpaired) electrons. The number of benzene rings is 2. The number of sulfonamides is 2. The molecule has 2 aromatic carbocycles. The van der Waals surface area contributed by atoms with Crippen molar-refractivity contribution in [3.05, 3.63) is 60.2 Å². The molecule has 1 aliphatic carbocycles. The summed E-state index contributed by atoms with van der Waals surface area (Å²) in [5, 5.41) is 0. The van der Waals surface area contributed by atoms with E-state index >= 15 is 0 Å². The Balaban J connectivity index is 1.66. The lowest BCUT2D eigenvalue weighted by atomic mass is 10.2. The number of nitrogens with one attached hydrogen (secondary N) is 1. The van der Waals surface area contributed by atoms with Gasteiger partial charge in [0.15, 0.2) is 0 Å². The van der Waals surface area contributed by atoms with Crippen molar-refractivity contribution in [3.8, 4) is 0 Å². The third-order valence-electron chi connectivity index (χ3n) is 4.13. The molecular formula is C18H22N2O4S2. The molecule has 0 amide bonds. The molecule has 0 bridgehead atoms. The van der Waals surface area contributed by atoms with Gasteiger partial charge in [-0.3, -0.25) is 9.03 Å². The fraction of sp³-hybridized carbons (Fsp3) is 0.333. The van der Waals surface area contributed by atoms with E-state index in [1.54, 1.807) is 24.3 Å². The highest BCUT2D eigenvalue weighted by Gasteiger charge is 2.35. The zero-order valence-corrected chi connectivity index (χ0v) is 16.1. The van der Waals surface area contributed by atoms with Crippen LogP contribution in [0.2, 0.25) is 0 Å². The highest BCUT2D eigenvalue weighted by Crippen LogP contribution is 2.34.